The Morgan fingerprint density at radius 3 is 2.89 bits per heavy atom. The Hall–Kier alpha value is -1.09. The van der Waals surface area contributed by atoms with Gasteiger partial charge in [-0.15, -0.1) is 0 Å². The van der Waals surface area contributed by atoms with Crippen LogP contribution in [0.4, 0.5) is 0 Å². The molecule has 2 aliphatic carbocycles. The van der Waals surface area contributed by atoms with E-state index in [-0.39, 0.29) is 29.3 Å². The Morgan fingerprint density at radius 1 is 1.44 bits per heavy atom. The lowest BCUT2D eigenvalue weighted by atomic mass is 9.54. The first kappa shape index (κ1) is 12.0. The lowest BCUT2D eigenvalue weighted by Gasteiger charge is -2.51. The third-order valence-electron chi connectivity index (χ3n) is 5.14. The average Bonchev–Trinajstić information content (AvgIpc) is 2.53. The van der Waals surface area contributed by atoms with E-state index in [1.807, 2.05) is 0 Å². The highest BCUT2D eigenvalue weighted by Gasteiger charge is 2.57. The molecule has 3 heteroatoms. The van der Waals surface area contributed by atoms with Gasteiger partial charge in [0.1, 0.15) is 6.10 Å². The number of esters is 1. The minimum Gasteiger partial charge on any atom is -0.458 e. The fourth-order valence-electron chi connectivity index (χ4n) is 4.31. The van der Waals surface area contributed by atoms with Crippen molar-refractivity contribution in [3.8, 4) is 0 Å². The fraction of sp³-hybridized carbons (Fsp3) is 0.667. The predicted molar refractivity (Wildman–Crippen MR) is 67.7 cm³/mol. The molecule has 3 aliphatic rings. The average molecular weight is 248 g/mol. The molecule has 1 N–H and O–H groups in total. The van der Waals surface area contributed by atoms with E-state index in [0.29, 0.717) is 5.57 Å². The number of fused-ring (bicyclic) bond motifs is 2. The van der Waals surface area contributed by atoms with Gasteiger partial charge in [-0.25, -0.2) is 4.79 Å². The fourth-order valence-corrected chi connectivity index (χ4v) is 4.31. The number of hydrogen-bond donors (Lipinski definition) is 1. The number of aliphatic hydroxyl groups is 1. The van der Waals surface area contributed by atoms with Crippen molar-refractivity contribution in [2.45, 2.75) is 44.8 Å². The molecule has 3 rings (SSSR count). The van der Waals surface area contributed by atoms with E-state index in [9.17, 15) is 9.90 Å². The van der Waals surface area contributed by atoms with E-state index >= 15 is 0 Å². The number of rotatable bonds is 0. The second-order valence-corrected chi connectivity index (χ2v) is 6.33. The Labute approximate surface area is 108 Å². The van der Waals surface area contributed by atoms with Crippen molar-refractivity contribution in [3.63, 3.8) is 0 Å². The number of ether oxygens (including phenoxy) is 1. The lowest BCUT2D eigenvalue weighted by Crippen LogP contribution is -2.52. The standard InChI is InChI=1S/C15H20O3/c1-8-5-4-6-15(3)7-10-11(13(16)12(8)15)9(2)14(17)18-10/h10-13,16H,1-2,4-7H2,3H3/t10-,11+,12+,13-,15+/m0/s1. The van der Waals surface area contributed by atoms with E-state index in [2.05, 4.69) is 20.1 Å². The first-order valence-corrected chi connectivity index (χ1v) is 6.69. The van der Waals surface area contributed by atoms with Gasteiger partial charge in [0, 0.05) is 11.5 Å². The van der Waals surface area contributed by atoms with E-state index in [4.69, 9.17) is 4.74 Å². The molecule has 3 fully saturated rings. The van der Waals surface area contributed by atoms with Crippen LogP contribution in [0.2, 0.25) is 0 Å². The van der Waals surface area contributed by atoms with Crippen molar-refractivity contribution in [1.82, 2.24) is 0 Å². The van der Waals surface area contributed by atoms with Gasteiger partial charge in [-0.3, -0.25) is 0 Å². The third-order valence-corrected chi connectivity index (χ3v) is 5.14. The van der Waals surface area contributed by atoms with Crippen LogP contribution in [0.5, 0.6) is 0 Å². The first-order valence-electron chi connectivity index (χ1n) is 6.69. The van der Waals surface area contributed by atoms with Gasteiger partial charge in [0.05, 0.1) is 12.0 Å². The Bertz CT molecular complexity index is 439. The Kier molecular flexibility index (Phi) is 2.46. The molecule has 0 aromatic rings. The largest absolute Gasteiger partial charge is 0.458 e. The molecule has 3 nitrogen and oxygen atoms in total. The molecule has 1 saturated heterocycles. The van der Waals surface area contributed by atoms with Crippen LogP contribution in [0.1, 0.15) is 32.6 Å². The maximum atomic E-state index is 11.6. The second-order valence-electron chi connectivity index (χ2n) is 6.33. The molecule has 1 aliphatic heterocycles. The Balaban J connectivity index is 1.99. The van der Waals surface area contributed by atoms with Crippen molar-refractivity contribution in [2.24, 2.45) is 17.3 Å². The monoisotopic (exact) mass is 248 g/mol. The molecular formula is C15H20O3. The number of aliphatic hydroxyl groups excluding tert-OH is 1. The van der Waals surface area contributed by atoms with Crippen LogP contribution in [0, 0.1) is 17.3 Å². The van der Waals surface area contributed by atoms with Gasteiger partial charge < -0.3 is 9.84 Å². The zero-order valence-electron chi connectivity index (χ0n) is 10.8. The van der Waals surface area contributed by atoms with Crippen molar-refractivity contribution in [2.75, 3.05) is 0 Å². The summed E-state index contributed by atoms with van der Waals surface area (Å²) in [5, 5.41) is 10.6. The molecule has 1 heterocycles. The molecule has 0 aromatic heterocycles. The third kappa shape index (κ3) is 1.43. The molecule has 0 radical (unpaired) electrons. The molecule has 18 heavy (non-hydrogen) atoms. The van der Waals surface area contributed by atoms with E-state index in [0.717, 1.165) is 31.3 Å². The molecule has 2 saturated carbocycles. The van der Waals surface area contributed by atoms with Crippen molar-refractivity contribution in [1.29, 1.82) is 0 Å². The van der Waals surface area contributed by atoms with E-state index < -0.39 is 6.10 Å². The van der Waals surface area contributed by atoms with Gasteiger partial charge in [0.15, 0.2) is 0 Å². The highest BCUT2D eigenvalue weighted by atomic mass is 16.6. The van der Waals surface area contributed by atoms with Gasteiger partial charge in [0.2, 0.25) is 0 Å². The second kappa shape index (κ2) is 3.70. The summed E-state index contributed by atoms with van der Waals surface area (Å²) in [6.45, 7) is 10.1. The van der Waals surface area contributed by atoms with Crippen LogP contribution in [-0.4, -0.2) is 23.3 Å². The maximum absolute atomic E-state index is 11.6. The minimum absolute atomic E-state index is 0.0147. The van der Waals surface area contributed by atoms with Gasteiger partial charge in [0.25, 0.3) is 0 Å². The summed E-state index contributed by atoms with van der Waals surface area (Å²) in [7, 11) is 0. The van der Waals surface area contributed by atoms with Crippen LogP contribution in [-0.2, 0) is 9.53 Å². The first-order chi connectivity index (χ1) is 8.44. The smallest absolute Gasteiger partial charge is 0.334 e. The molecule has 0 bridgehead atoms. The zero-order valence-corrected chi connectivity index (χ0v) is 10.8. The summed E-state index contributed by atoms with van der Waals surface area (Å²) in [6, 6.07) is 0. The zero-order chi connectivity index (χ0) is 13.1. The SMILES string of the molecule is C=C1C(=O)O[C@H]2C[C@@]3(C)CCCC(=C)[C@@H]3[C@@H](O)[C@H]12. The molecule has 0 aromatic carbocycles. The quantitative estimate of drug-likeness (QED) is 0.406. The topological polar surface area (TPSA) is 46.5 Å². The molecule has 0 amide bonds. The van der Waals surface area contributed by atoms with Crippen LogP contribution >= 0.6 is 0 Å². The molecular weight excluding hydrogens is 228 g/mol. The van der Waals surface area contributed by atoms with Crippen LogP contribution < -0.4 is 0 Å². The summed E-state index contributed by atoms with van der Waals surface area (Å²) in [5.74, 6) is -0.485. The summed E-state index contributed by atoms with van der Waals surface area (Å²) < 4.78 is 5.37. The predicted octanol–water partition coefficient (Wildman–Crippen LogP) is 2.21. The normalized spacial score (nSPS) is 47.6. The minimum atomic E-state index is -0.569. The summed E-state index contributed by atoms with van der Waals surface area (Å²) in [5.41, 5.74) is 1.58. The van der Waals surface area contributed by atoms with Gasteiger partial charge in [-0.05, 0) is 31.1 Å². The van der Waals surface area contributed by atoms with Gasteiger partial charge in [-0.2, -0.15) is 0 Å². The maximum Gasteiger partial charge on any atom is 0.334 e. The summed E-state index contributed by atoms with van der Waals surface area (Å²) in [4.78, 5) is 11.6. The van der Waals surface area contributed by atoms with E-state index in [1.165, 1.54) is 0 Å². The number of carbonyl (C=O) groups is 1. The van der Waals surface area contributed by atoms with E-state index in [1.54, 1.807) is 0 Å². The number of carbonyl (C=O) groups excluding carboxylic acids is 1. The molecule has 0 unspecified atom stereocenters. The lowest BCUT2D eigenvalue weighted by molar-refractivity contribution is -0.146. The summed E-state index contributed by atoms with van der Waals surface area (Å²) in [6.07, 6.45) is 3.23. The highest BCUT2D eigenvalue weighted by Crippen LogP contribution is 2.56. The van der Waals surface area contributed by atoms with Crippen LogP contribution in [0.15, 0.2) is 24.3 Å². The van der Waals surface area contributed by atoms with Crippen molar-refractivity contribution >= 4 is 5.97 Å². The summed E-state index contributed by atoms with van der Waals surface area (Å²) >= 11 is 0. The van der Waals surface area contributed by atoms with Crippen molar-refractivity contribution in [3.05, 3.63) is 24.3 Å². The van der Waals surface area contributed by atoms with Crippen LogP contribution in [0.3, 0.4) is 0 Å². The van der Waals surface area contributed by atoms with Gasteiger partial charge in [-0.1, -0.05) is 25.7 Å². The van der Waals surface area contributed by atoms with Crippen molar-refractivity contribution < 1.29 is 14.6 Å². The van der Waals surface area contributed by atoms with Gasteiger partial charge >= 0.3 is 5.97 Å². The molecule has 0 spiro atoms. The molecule has 98 valence electrons. The highest BCUT2D eigenvalue weighted by molar-refractivity contribution is 5.91. The number of hydrogen-bond acceptors (Lipinski definition) is 3. The van der Waals surface area contributed by atoms with Crippen LogP contribution in [0.25, 0.3) is 0 Å². The Morgan fingerprint density at radius 2 is 2.17 bits per heavy atom. The molecule has 5 atom stereocenters.